The largest absolute Gasteiger partial charge is 0.330 e. The third-order valence-electron chi connectivity index (χ3n) is 3.06. The second-order valence-electron chi connectivity index (χ2n) is 4.43. The third-order valence-corrected chi connectivity index (χ3v) is 3.29. The molecule has 0 saturated carbocycles. The molecular weight excluding hydrogens is 268 g/mol. The molecule has 0 aliphatic carbocycles. The van der Waals surface area contributed by atoms with Crippen molar-refractivity contribution in [3.05, 3.63) is 70.2 Å². The fourth-order valence-electron chi connectivity index (χ4n) is 2.10. The van der Waals surface area contributed by atoms with Gasteiger partial charge in [-0.25, -0.2) is 8.78 Å². The highest BCUT2D eigenvalue weighted by Gasteiger charge is 2.15. The van der Waals surface area contributed by atoms with E-state index in [-0.39, 0.29) is 12.5 Å². The van der Waals surface area contributed by atoms with Crippen LogP contribution in [0.3, 0.4) is 0 Å². The molecule has 0 saturated heterocycles. The Balaban J connectivity index is 2.25. The van der Waals surface area contributed by atoms with Gasteiger partial charge >= 0.3 is 0 Å². The molecule has 0 fully saturated rings. The average molecular weight is 282 g/mol. The smallest absolute Gasteiger partial charge is 0.129 e. The summed E-state index contributed by atoms with van der Waals surface area (Å²) in [5.41, 5.74) is 7.12. The molecule has 0 bridgehead atoms. The second kappa shape index (κ2) is 6.13. The van der Waals surface area contributed by atoms with Crippen molar-refractivity contribution in [2.45, 2.75) is 12.3 Å². The average Bonchev–Trinajstić information content (AvgIpc) is 2.37. The van der Waals surface area contributed by atoms with Gasteiger partial charge in [-0.1, -0.05) is 29.8 Å². The minimum absolute atomic E-state index is 0.195. The van der Waals surface area contributed by atoms with E-state index >= 15 is 0 Å². The first-order valence-electron chi connectivity index (χ1n) is 5.99. The van der Waals surface area contributed by atoms with Crippen molar-refractivity contribution in [2.75, 3.05) is 6.54 Å². The maximum Gasteiger partial charge on any atom is 0.129 e. The molecule has 2 rings (SSSR count). The van der Waals surface area contributed by atoms with Crippen LogP contribution in [0.15, 0.2) is 42.5 Å². The molecule has 0 amide bonds. The Labute approximate surface area is 116 Å². The van der Waals surface area contributed by atoms with Gasteiger partial charge in [-0.15, -0.1) is 0 Å². The SMILES string of the molecule is NCC(Cc1cccc(Cl)c1)c1ccc(F)cc1F. The van der Waals surface area contributed by atoms with Crippen molar-refractivity contribution in [1.82, 2.24) is 0 Å². The number of hydrogen-bond acceptors (Lipinski definition) is 1. The lowest BCUT2D eigenvalue weighted by atomic mass is 9.91. The number of nitrogens with two attached hydrogens (primary N) is 1. The van der Waals surface area contributed by atoms with Crippen molar-refractivity contribution in [3.8, 4) is 0 Å². The summed E-state index contributed by atoms with van der Waals surface area (Å²) in [6.45, 7) is 0.287. The van der Waals surface area contributed by atoms with Crippen LogP contribution < -0.4 is 5.73 Å². The van der Waals surface area contributed by atoms with E-state index in [4.69, 9.17) is 17.3 Å². The second-order valence-corrected chi connectivity index (χ2v) is 4.87. The lowest BCUT2D eigenvalue weighted by Crippen LogP contribution is -2.16. The van der Waals surface area contributed by atoms with Crippen molar-refractivity contribution < 1.29 is 8.78 Å². The van der Waals surface area contributed by atoms with Gasteiger partial charge in [0, 0.05) is 17.0 Å². The van der Waals surface area contributed by atoms with Crippen LogP contribution in [-0.2, 0) is 6.42 Å². The molecule has 0 aliphatic heterocycles. The van der Waals surface area contributed by atoms with E-state index in [2.05, 4.69) is 0 Å². The zero-order valence-electron chi connectivity index (χ0n) is 10.2. The molecule has 2 aromatic carbocycles. The van der Waals surface area contributed by atoms with Gasteiger partial charge in [0.2, 0.25) is 0 Å². The fraction of sp³-hybridized carbons (Fsp3) is 0.200. The van der Waals surface area contributed by atoms with Gasteiger partial charge < -0.3 is 5.73 Å². The topological polar surface area (TPSA) is 26.0 Å². The maximum atomic E-state index is 13.7. The molecule has 0 heterocycles. The molecule has 2 aromatic rings. The van der Waals surface area contributed by atoms with Gasteiger partial charge in [-0.05, 0) is 42.3 Å². The van der Waals surface area contributed by atoms with E-state index in [1.54, 1.807) is 6.07 Å². The quantitative estimate of drug-likeness (QED) is 0.904. The Bertz CT molecular complexity index is 572. The van der Waals surface area contributed by atoms with Crippen LogP contribution in [0.4, 0.5) is 8.78 Å². The third kappa shape index (κ3) is 3.52. The molecule has 2 N–H and O–H groups in total. The summed E-state index contributed by atoms with van der Waals surface area (Å²) in [5.74, 6) is -1.34. The summed E-state index contributed by atoms with van der Waals surface area (Å²) >= 11 is 5.91. The van der Waals surface area contributed by atoms with Crippen LogP contribution in [0, 0.1) is 11.6 Å². The summed E-state index contributed by atoms with van der Waals surface area (Å²) in [7, 11) is 0. The van der Waals surface area contributed by atoms with Crippen LogP contribution in [0.25, 0.3) is 0 Å². The van der Waals surface area contributed by atoms with E-state index in [0.717, 1.165) is 11.6 Å². The van der Waals surface area contributed by atoms with E-state index in [9.17, 15) is 8.78 Å². The number of hydrogen-bond donors (Lipinski definition) is 1. The predicted octanol–water partition coefficient (Wildman–Crippen LogP) is 3.90. The summed E-state index contributed by atoms with van der Waals surface area (Å²) in [6.07, 6.45) is 0.569. The molecule has 1 nitrogen and oxygen atoms in total. The number of rotatable bonds is 4. The Morgan fingerprint density at radius 1 is 1.11 bits per heavy atom. The number of halogens is 3. The van der Waals surface area contributed by atoms with Gasteiger partial charge in [0.05, 0.1) is 0 Å². The fourth-order valence-corrected chi connectivity index (χ4v) is 2.31. The highest BCUT2D eigenvalue weighted by Crippen LogP contribution is 2.24. The summed E-state index contributed by atoms with van der Waals surface area (Å²) in [4.78, 5) is 0. The minimum atomic E-state index is -0.584. The lowest BCUT2D eigenvalue weighted by Gasteiger charge is -2.16. The lowest BCUT2D eigenvalue weighted by molar-refractivity contribution is 0.551. The van der Waals surface area contributed by atoms with E-state index in [0.29, 0.717) is 17.0 Å². The molecule has 4 heteroatoms. The summed E-state index contributed by atoms with van der Waals surface area (Å²) < 4.78 is 26.7. The van der Waals surface area contributed by atoms with Crippen LogP contribution in [0.2, 0.25) is 5.02 Å². The van der Waals surface area contributed by atoms with Crippen LogP contribution in [0.1, 0.15) is 17.0 Å². The molecule has 0 radical (unpaired) electrons. The molecule has 0 spiro atoms. The van der Waals surface area contributed by atoms with Crippen LogP contribution >= 0.6 is 11.6 Å². The summed E-state index contributed by atoms with van der Waals surface area (Å²) in [5, 5.41) is 0.632. The Hall–Kier alpha value is -1.45. The zero-order chi connectivity index (χ0) is 13.8. The van der Waals surface area contributed by atoms with Crippen molar-refractivity contribution >= 4 is 11.6 Å². The number of benzene rings is 2. The first-order chi connectivity index (χ1) is 9.10. The zero-order valence-corrected chi connectivity index (χ0v) is 11.0. The highest BCUT2D eigenvalue weighted by atomic mass is 35.5. The van der Waals surface area contributed by atoms with E-state index < -0.39 is 11.6 Å². The molecule has 1 unspecified atom stereocenters. The first kappa shape index (κ1) is 14.0. The van der Waals surface area contributed by atoms with Gasteiger partial charge in [0.15, 0.2) is 0 Å². The first-order valence-corrected chi connectivity index (χ1v) is 6.37. The Kier molecular flexibility index (Phi) is 4.51. The van der Waals surface area contributed by atoms with Gasteiger partial charge in [0.25, 0.3) is 0 Å². The standard InChI is InChI=1S/C15H14ClF2N/c16-12-3-1-2-10(7-12)6-11(9-19)14-5-4-13(17)8-15(14)18/h1-5,7-8,11H,6,9,19H2. The van der Waals surface area contributed by atoms with Crippen molar-refractivity contribution in [2.24, 2.45) is 5.73 Å². The monoisotopic (exact) mass is 281 g/mol. The maximum absolute atomic E-state index is 13.7. The van der Waals surface area contributed by atoms with Gasteiger partial charge in [-0.2, -0.15) is 0 Å². The van der Waals surface area contributed by atoms with Crippen LogP contribution in [-0.4, -0.2) is 6.54 Å². The van der Waals surface area contributed by atoms with Gasteiger partial charge in [0.1, 0.15) is 11.6 Å². The Morgan fingerprint density at radius 2 is 1.89 bits per heavy atom. The van der Waals surface area contributed by atoms with Gasteiger partial charge in [-0.3, -0.25) is 0 Å². The molecular formula is C15H14ClF2N. The predicted molar refractivity (Wildman–Crippen MR) is 73.3 cm³/mol. The highest BCUT2D eigenvalue weighted by molar-refractivity contribution is 6.30. The van der Waals surface area contributed by atoms with Crippen LogP contribution in [0.5, 0.6) is 0 Å². The Morgan fingerprint density at radius 3 is 2.53 bits per heavy atom. The van der Waals surface area contributed by atoms with E-state index in [1.807, 2.05) is 18.2 Å². The normalized spacial score (nSPS) is 12.4. The van der Waals surface area contributed by atoms with Crippen molar-refractivity contribution in [1.29, 1.82) is 0 Å². The van der Waals surface area contributed by atoms with E-state index in [1.165, 1.54) is 12.1 Å². The molecule has 100 valence electrons. The molecule has 1 atom stereocenters. The molecule has 19 heavy (non-hydrogen) atoms. The minimum Gasteiger partial charge on any atom is -0.330 e. The molecule has 0 aromatic heterocycles. The molecule has 0 aliphatic rings. The van der Waals surface area contributed by atoms with Crippen molar-refractivity contribution in [3.63, 3.8) is 0 Å². The summed E-state index contributed by atoms with van der Waals surface area (Å²) in [6, 6.07) is 10.9.